The van der Waals surface area contributed by atoms with E-state index in [0.717, 1.165) is 0 Å². The zero-order valence-corrected chi connectivity index (χ0v) is 8.90. The molecule has 1 aliphatic heterocycles. The van der Waals surface area contributed by atoms with Crippen LogP contribution in [0.4, 0.5) is 0 Å². The van der Waals surface area contributed by atoms with Gasteiger partial charge in [-0.2, -0.15) is 0 Å². The molecule has 1 fully saturated rings. The highest BCUT2D eigenvalue weighted by Crippen LogP contribution is 2.22. The molecule has 0 unspecified atom stereocenters. The van der Waals surface area contributed by atoms with Crippen LogP contribution in [0.5, 0.6) is 0 Å². The molecule has 0 bridgehead atoms. The molecule has 2 nitrogen and oxygen atoms in total. The van der Waals surface area contributed by atoms with Gasteiger partial charge in [-0.15, -0.1) is 11.6 Å². The van der Waals surface area contributed by atoms with Crippen molar-refractivity contribution in [3.63, 3.8) is 0 Å². The molecule has 1 saturated heterocycles. The Labute approximate surface area is 78.7 Å². The second kappa shape index (κ2) is 2.71. The highest BCUT2D eigenvalue weighted by atomic mass is 35.5. The van der Waals surface area contributed by atoms with Gasteiger partial charge in [-0.25, -0.2) is 0 Å². The van der Waals surface area contributed by atoms with Gasteiger partial charge in [-0.3, -0.25) is 4.79 Å². The van der Waals surface area contributed by atoms with E-state index in [1.54, 1.807) is 0 Å². The fourth-order valence-corrected chi connectivity index (χ4v) is 2.22. The Hall–Kier alpha value is -0.0800. The van der Waals surface area contributed by atoms with Crippen LogP contribution in [0, 0.1) is 0 Å². The SMILES string of the molecule is CC1(C)CC(=O)[C@@H](Cl)C(C)(C)[NH2+]1. The van der Waals surface area contributed by atoms with E-state index >= 15 is 0 Å². The van der Waals surface area contributed by atoms with E-state index in [9.17, 15) is 4.79 Å². The highest BCUT2D eigenvalue weighted by Gasteiger charge is 2.47. The number of Topliss-reactive ketones (excluding diaryl/α,β-unsaturated/α-hetero) is 1. The van der Waals surface area contributed by atoms with Crippen LogP contribution in [0.25, 0.3) is 0 Å². The molecule has 0 aromatic heterocycles. The molecular weight excluding hydrogens is 174 g/mol. The number of hydrogen-bond donors (Lipinski definition) is 1. The number of alkyl halides is 1. The normalized spacial score (nSPS) is 33.4. The van der Waals surface area contributed by atoms with Gasteiger partial charge in [0.15, 0.2) is 5.78 Å². The van der Waals surface area contributed by atoms with Crippen molar-refractivity contribution in [3.05, 3.63) is 0 Å². The summed E-state index contributed by atoms with van der Waals surface area (Å²) in [6.45, 7) is 8.19. The third-order valence-corrected chi connectivity index (χ3v) is 3.13. The van der Waals surface area contributed by atoms with Gasteiger partial charge in [0.25, 0.3) is 0 Å². The summed E-state index contributed by atoms with van der Waals surface area (Å²) in [5.74, 6) is 0.175. The summed E-state index contributed by atoms with van der Waals surface area (Å²) >= 11 is 6.01. The maximum absolute atomic E-state index is 11.5. The predicted octanol–water partition coefficient (Wildman–Crippen LogP) is 0.687. The summed E-state index contributed by atoms with van der Waals surface area (Å²) in [4.78, 5) is 11.5. The molecule has 0 aliphatic carbocycles. The minimum Gasteiger partial charge on any atom is -0.336 e. The number of hydrogen-bond acceptors (Lipinski definition) is 1. The standard InChI is InChI=1S/C9H16ClNO/c1-8(2)5-6(12)7(10)9(3,4)11-8/h7,11H,5H2,1-4H3/p+1/t7-/m1/s1. The molecule has 1 heterocycles. The smallest absolute Gasteiger partial charge is 0.163 e. The molecule has 1 aliphatic rings. The molecule has 1 rings (SSSR count). The summed E-state index contributed by atoms with van der Waals surface area (Å²) < 4.78 is 0. The largest absolute Gasteiger partial charge is 0.336 e. The van der Waals surface area contributed by atoms with Crippen LogP contribution >= 0.6 is 11.6 Å². The zero-order valence-electron chi connectivity index (χ0n) is 8.15. The summed E-state index contributed by atoms with van der Waals surface area (Å²) in [6.07, 6.45) is 0.574. The van der Waals surface area contributed by atoms with Crippen LogP contribution in [0.3, 0.4) is 0 Å². The Bertz CT molecular complexity index is 211. The highest BCUT2D eigenvalue weighted by molar-refractivity contribution is 6.32. The van der Waals surface area contributed by atoms with Gasteiger partial charge in [-0.1, -0.05) is 0 Å². The molecule has 3 heteroatoms. The van der Waals surface area contributed by atoms with Gasteiger partial charge in [0.2, 0.25) is 0 Å². The predicted molar refractivity (Wildman–Crippen MR) is 49.3 cm³/mol. The first kappa shape index (κ1) is 10.0. The van der Waals surface area contributed by atoms with Gasteiger partial charge in [0.05, 0.1) is 12.0 Å². The van der Waals surface area contributed by atoms with Gasteiger partial charge < -0.3 is 5.32 Å². The Morgan fingerprint density at radius 3 is 2.33 bits per heavy atom. The monoisotopic (exact) mass is 190 g/mol. The molecule has 2 N–H and O–H groups in total. The number of carbonyl (C=O) groups is 1. The molecule has 12 heavy (non-hydrogen) atoms. The average Bonchev–Trinajstić information content (AvgIpc) is 1.79. The first-order valence-electron chi connectivity index (χ1n) is 4.28. The van der Waals surface area contributed by atoms with E-state index in [1.807, 2.05) is 13.8 Å². The van der Waals surface area contributed by atoms with Crippen LogP contribution in [0.15, 0.2) is 0 Å². The topological polar surface area (TPSA) is 33.7 Å². The van der Waals surface area contributed by atoms with E-state index < -0.39 is 0 Å². The summed E-state index contributed by atoms with van der Waals surface area (Å²) in [6, 6.07) is 0. The van der Waals surface area contributed by atoms with E-state index in [0.29, 0.717) is 6.42 Å². The lowest BCUT2D eigenvalue weighted by Gasteiger charge is -2.40. The second-order valence-electron chi connectivity index (χ2n) is 4.96. The van der Waals surface area contributed by atoms with E-state index in [4.69, 9.17) is 11.6 Å². The Balaban J connectivity index is 2.87. The van der Waals surface area contributed by atoms with Gasteiger partial charge in [0.1, 0.15) is 10.9 Å². The third-order valence-electron chi connectivity index (χ3n) is 2.33. The number of halogens is 1. The fraction of sp³-hybridized carbons (Fsp3) is 0.889. The van der Waals surface area contributed by atoms with E-state index in [1.165, 1.54) is 0 Å². The minimum atomic E-state index is -0.342. The molecule has 70 valence electrons. The van der Waals surface area contributed by atoms with E-state index in [2.05, 4.69) is 19.2 Å². The Kier molecular flexibility index (Phi) is 2.26. The van der Waals surface area contributed by atoms with Crippen molar-refractivity contribution in [1.82, 2.24) is 0 Å². The first-order valence-corrected chi connectivity index (χ1v) is 4.72. The average molecular weight is 191 g/mol. The molecule has 1 atom stereocenters. The number of ketones is 1. The molecule has 0 spiro atoms. The molecule has 0 amide bonds. The van der Waals surface area contributed by atoms with Crippen molar-refractivity contribution >= 4 is 17.4 Å². The van der Waals surface area contributed by atoms with Crippen LogP contribution in [0.1, 0.15) is 34.1 Å². The van der Waals surface area contributed by atoms with Crippen LogP contribution < -0.4 is 5.32 Å². The van der Waals surface area contributed by atoms with E-state index in [-0.39, 0.29) is 22.2 Å². The number of quaternary nitrogens is 1. The van der Waals surface area contributed by atoms with Crippen molar-refractivity contribution in [2.45, 2.75) is 50.6 Å². The molecule has 0 aromatic rings. The lowest BCUT2D eigenvalue weighted by Crippen LogP contribution is -3.07. The third kappa shape index (κ3) is 1.80. The quantitative estimate of drug-likeness (QED) is 0.561. The molecular formula is C9H17ClNO+. The number of carbonyl (C=O) groups excluding carboxylic acids is 1. The van der Waals surface area contributed by atoms with Crippen LogP contribution in [0.2, 0.25) is 0 Å². The lowest BCUT2D eigenvalue weighted by molar-refractivity contribution is -0.780. The maximum Gasteiger partial charge on any atom is 0.163 e. The number of rotatable bonds is 0. The van der Waals surface area contributed by atoms with Crippen LogP contribution in [-0.4, -0.2) is 22.2 Å². The maximum atomic E-state index is 11.5. The van der Waals surface area contributed by atoms with Gasteiger partial charge in [0, 0.05) is 0 Å². The van der Waals surface area contributed by atoms with Gasteiger partial charge >= 0.3 is 0 Å². The van der Waals surface area contributed by atoms with Gasteiger partial charge in [-0.05, 0) is 27.7 Å². The Morgan fingerprint density at radius 1 is 1.42 bits per heavy atom. The zero-order chi connectivity index (χ0) is 9.57. The van der Waals surface area contributed by atoms with Crippen molar-refractivity contribution in [2.24, 2.45) is 0 Å². The first-order chi connectivity index (χ1) is 5.25. The molecule has 0 radical (unpaired) electrons. The number of piperidine rings is 1. The van der Waals surface area contributed by atoms with Crippen LogP contribution in [-0.2, 0) is 4.79 Å². The Morgan fingerprint density at radius 2 is 1.92 bits per heavy atom. The molecule has 0 saturated carbocycles. The summed E-state index contributed by atoms with van der Waals surface area (Å²) in [5, 5.41) is 1.85. The van der Waals surface area contributed by atoms with Crippen molar-refractivity contribution in [3.8, 4) is 0 Å². The van der Waals surface area contributed by atoms with Crippen molar-refractivity contribution < 1.29 is 10.1 Å². The number of nitrogens with two attached hydrogens (primary N) is 1. The molecule has 0 aromatic carbocycles. The van der Waals surface area contributed by atoms with Crippen molar-refractivity contribution in [1.29, 1.82) is 0 Å². The minimum absolute atomic E-state index is 0.00593. The summed E-state index contributed by atoms with van der Waals surface area (Å²) in [7, 11) is 0. The second-order valence-corrected chi connectivity index (χ2v) is 5.40. The summed E-state index contributed by atoms with van der Waals surface area (Å²) in [5.41, 5.74) is -0.160. The lowest BCUT2D eigenvalue weighted by atomic mass is 9.81. The fourth-order valence-electron chi connectivity index (χ4n) is 2.08. The van der Waals surface area contributed by atoms with Crippen molar-refractivity contribution in [2.75, 3.05) is 0 Å².